The van der Waals surface area contributed by atoms with E-state index in [2.05, 4.69) is 10.0 Å². The third-order valence-electron chi connectivity index (χ3n) is 10.8. The number of aryl methyl sites for hydroxylation is 1. The molecule has 2 fully saturated rings. The summed E-state index contributed by atoms with van der Waals surface area (Å²) in [5, 5.41) is 5.78. The highest BCUT2D eigenvalue weighted by Gasteiger charge is 2.61. The highest BCUT2D eigenvalue weighted by molar-refractivity contribution is 7.87. The van der Waals surface area contributed by atoms with Gasteiger partial charge in [-0.3, -0.25) is 19.0 Å². The first-order valence-electron chi connectivity index (χ1n) is 18.6. The maximum Gasteiger partial charge on any atom is 0.303 e. The number of ether oxygens (including phenoxy) is 1. The number of hydrogen-bond donors (Lipinski definition) is 2. The van der Waals surface area contributed by atoms with Gasteiger partial charge in [-0.15, -0.1) is 11.3 Å². The number of imidazole rings is 1. The zero-order valence-corrected chi connectivity index (χ0v) is 32.7. The van der Waals surface area contributed by atoms with Crippen LogP contribution in [0.5, 0.6) is 6.01 Å². The summed E-state index contributed by atoms with van der Waals surface area (Å²) in [6.07, 6.45) is 7.95. The maximum absolute atomic E-state index is 14.2. The standard InChI is InChI=1S/C39H47N7O6S2/c1-5-45-31-20-14-19-29(35-40-30(24-53-35)26-16-11-9-12-17-26)33(31)41-38(45)52-28-21-32-34(47)42-39(37(49)43-54(50,51)44(3)4)22-27(39)18-13-8-6-7-10-15-25(2)36(48)46(32)23-28/h9,11-14,16-20,24-25,27-28,32H,5-8,10,15,21-23H2,1-4H3,(H,42,47)(H,43,49)/b18-13-/t25-,27+,28+,32-,39+/m0/s1. The molecule has 2 aliphatic heterocycles. The fraction of sp³-hybridized carbons (Fsp3) is 0.462. The summed E-state index contributed by atoms with van der Waals surface area (Å²) in [5.41, 5.74) is 2.96. The highest BCUT2D eigenvalue weighted by atomic mass is 32.2. The number of hydrogen-bond acceptors (Lipinski definition) is 9. The Hall–Kier alpha value is -4.60. The third-order valence-corrected chi connectivity index (χ3v) is 13.0. The molecule has 0 bridgehead atoms. The van der Waals surface area contributed by atoms with E-state index in [1.54, 1.807) is 16.2 Å². The zero-order valence-electron chi connectivity index (χ0n) is 31.0. The van der Waals surface area contributed by atoms with Crippen LogP contribution in [0.3, 0.4) is 0 Å². The Labute approximate surface area is 320 Å². The Morgan fingerprint density at radius 2 is 1.89 bits per heavy atom. The van der Waals surface area contributed by atoms with E-state index in [0.29, 0.717) is 19.0 Å². The summed E-state index contributed by atoms with van der Waals surface area (Å²) >= 11 is 1.55. The van der Waals surface area contributed by atoms with Gasteiger partial charge in [-0.1, -0.05) is 68.3 Å². The van der Waals surface area contributed by atoms with Gasteiger partial charge in [0.2, 0.25) is 11.8 Å². The van der Waals surface area contributed by atoms with Gasteiger partial charge in [0.1, 0.15) is 28.2 Å². The normalized spacial score (nSPS) is 25.7. The minimum atomic E-state index is -4.11. The summed E-state index contributed by atoms with van der Waals surface area (Å²) in [4.78, 5) is 53.4. The molecule has 3 amide bonds. The van der Waals surface area contributed by atoms with Crippen LogP contribution in [0.4, 0.5) is 0 Å². The van der Waals surface area contributed by atoms with Crippen molar-refractivity contribution in [3.63, 3.8) is 0 Å². The van der Waals surface area contributed by atoms with E-state index < -0.39 is 39.7 Å². The van der Waals surface area contributed by atoms with Crippen molar-refractivity contribution in [3.8, 4) is 27.8 Å². The summed E-state index contributed by atoms with van der Waals surface area (Å²) in [6, 6.07) is 15.4. The van der Waals surface area contributed by atoms with E-state index in [9.17, 15) is 22.8 Å². The Kier molecular flexibility index (Phi) is 10.7. The largest absolute Gasteiger partial charge is 0.459 e. The maximum atomic E-state index is 14.2. The lowest BCUT2D eigenvalue weighted by Gasteiger charge is -2.28. The molecule has 15 heteroatoms. The first-order valence-corrected chi connectivity index (χ1v) is 20.9. The van der Waals surface area contributed by atoms with Gasteiger partial charge in [0.15, 0.2) is 0 Å². The first-order chi connectivity index (χ1) is 25.9. The van der Waals surface area contributed by atoms with Crippen molar-refractivity contribution in [3.05, 3.63) is 66.1 Å². The van der Waals surface area contributed by atoms with Crippen LogP contribution in [0, 0.1) is 11.8 Å². The average Bonchev–Trinajstić information content (AvgIpc) is 3.49. The van der Waals surface area contributed by atoms with Crippen molar-refractivity contribution in [2.45, 2.75) is 83.0 Å². The highest BCUT2D eigenvalue weighted by Crippen LogP contribution is 2.46. The Balaban J connectivity index is 1.17. The van der Waals surface area contributed by atoms with Crippen molar-refractivity contribution < 1.29 is 27.5 Å². The molecular weight excluding hydrogens is 727 g/mol. The molecule has 1 saturated heterocycles. The van der Waals surface area contributed by atoms with E-state index in [4.69, 9.17) is 14.7 Å². The number of para-hydroxylation sites is 1. The number of benzene rings is 2. The van der Waals surface area contributed by atoms with Crippen molar-refractivity contribution >= 4 is 50.3 Å². The van der Waals surface area contributed by atoms with Gasteiger partial charge in [-0.05, 0) is 44.7 Å². The third kappa shape index (κ3) is 7.40. The Bertz CT molecular complexity index is 2180. The second kappa shape index (κ2) is 15.3. The SMILES string of the molecule is CCn1c(O[C@@H]2C[C@H]3C(=O)N[C@]4(C(=O)NS(=O)(=O)N(C)C)C[C@H]4/C=C\CCCCC[C@H](C)C(=O)N3C2)nc2c(-c3nc(-c4ccccc4)cs3)cccc21. The van der Waals surface area contributed by atoms with E-state index in [1.165, 1.54) is 14.1 Å². The van der Waals surface area contributed by atoms with Crippen LogP contribution >= 0.6 is 11.3 Å². The Morgan fingerprint density at radius 1 is 1.09 bits per heavy atom. The van der Waals surface area contributed by atoms with E-state index in [-0.39, 0.29) is 37.1 Å². The first kappa shape index (κ1) is 37.7. The molecule has 4 heterocycles. The monoisotopic (exact) mass is 773 g/mol. The molecule has 3 aliphatic rings. The smallest absolute Gasteiger partial charge is 0.303 e. The number of nitrogens with one attached hydrogen (secondary N) is 2. The molecule has 5 atom stereocenters. The van der Waals surface area contributed by atoms with Crippen LogP contribution in [0.1, 0.15) is 58.8 Å². The molecule has 13 nitrogen and oxygen atoms in total. The number of rotatable bonds is 8. The number of carbonyl (C=O) groups is 3. The molecule has 0 unspecified atom stereocenters. The van der Waals surface area contributed by atoms with Gasteiger partial charge in [-0.25, -0.2) is 9.71 Å². The van der Waals surface area contributed by atoms with Crippen molar-refractivity contribution in [1.29, 1.82) is 0 Å². The molecular formula is C39H47N7O6S2. The molecule has 286 valence electrons. The Morgan fingerprint density at radius 3 is 2.65 bits per heavy atom. The van der Waals surface area contributed by atoms with Crippen LogP contribution in [0.15, 0.2) is 66.1 Å². The van der Waals surface area contributed by atoms with Crippen molar-refractivity contribution in [1.82, 2.24) is 33.8 Å². The lowest BCUT2D eigenvalue weighted by molar-refractivity contribution is -0.142. The molecule has 7 rings (SSSR count). The quantitative estimate of drug-likeness (QED) is 0.233. The fourth-order valence-electron chi connectivity index (χ4n) is 7.50. The molecule has 2 aromatic carbocycles. The molecule has 2 N–H and O–H groups in total. The lowest BCUT2D eigenvalue weighted by atomic mass is 10.0. The van der Waals surface area contributed by atoms with Gasteiger partial charge < -0.3 is 15.0 Å². The minimum absolute atomic E-state index is 0.153. The average molecular weight is 774 g/mol. The lowest BCUT2D eigenvalue weighted by Crippen LogP contribution is -2.57. The molecule has 0 radical (unpaired) electrons. The summed E-state index contributed by atoms with van der Waals surface area (Å²) < 4.78 is 37.0. The number of carbonyl (C=O) groups excluding carboxylic acids is 3. The molecule has 0 spiro atoms. The number of fused-ring (bicyclic) bond motifs is 3. The predicted molar refractivity (Wildman–Crippen MR) is 208 cm³/mol. The molecule has 2 aromatic heterocycles. The van der Waals surface area contributed by atoms with Gasteiger partial charge in [-0.2, -0.15) is 17.7 Å². The predicted octanol–water partition coefficient (Wildman–Crippen LogP) is 5.15. The van der Waals surface area contributed by atoms with Crippen LogP contribution in [0.2, 0.25) is 0 Å². The van der Waals surface area contributed by atoms with E-state index in [1.807, 2.05) is 84.5 Å². The van der Waals surface area contributed by atoms with Gasteiger partial charge >= 0.3 is 10.2 Å². The second-order valence-corrected chi connectivity index (χ2v) is 17.4. The summed E-state index contributed by atoms with van der Waals surface area (Å²) in [5.74, 6) is -2.18. The van der Waals surface area contributed by atoms with Gasteiger partial charge in [0, 0.05) is 55.4 Å². The molecule has 1 saturated carbocycles. The van der Waals surface area contributed by atoms with Gasteiger partial charge in [0.05, 0.1) is 17.8 Å². The van der Waals surface area contributed by atoms with Crippen molar-refractivity contribution in [2.75, 3.05) is 20.6 Å². The number of aromatic nitrogens is 3. The molecule has 4 aromatic rings. The van der Waals surface area contributed by atoms with E-state index >= 15 is 0 Å². The molecule has 1 aliphatic carbocycles. The van der Waals surface area contributed by atoms with Crippen LogP contribution in [-0.2, 0) is 31.1 Å². The molecule has 54 heavy (non-hydrogen) atoms. The fourth-order valence-corrected chi connectivity index (χ4v) is 8.95. The topological polar surface area (TPSA) is 156 Å². The minimum Gasteiger partial charge on any atom is -0.459 e. The second-order valence-electron chi connectivity index (χ2n) is 14.7. The number of amides is 3. The number of thiazole rings is 1. The summed E-state index contributed by atoms with van der Waals surface area (Å²) in [6.45, 7) is 4.63. The van der Waals surface area contributed by atoms with E-state index in [0.717, 1.165) is 62.9 Å². The van der Waals surface area contributed by atoms with Crippen LogP contribution < -0.4 is 14.8 Å². The zero-order chi connectivity index (χ0) is 38.2. The number of allylic oxidation sites excluding steroid dienone is 1. The summed E-state index contributed by atoms with van der Waals surface area (Å²) in [7, 11) is -1.46. The van der Waals surface area contributed by atoms with Crippen molar-refractivity contribution in [2.24, 2.45) is 11.8 Å². The van der Waals surface area contributed by atoms with Crippen LogP contribution in [-0.4, -0.2) is 88.2 Å². The van der Waals surface area contributed by atoms with Crippen LogP contribution in [0.25, 0.3) is 32.9 Å². The number of nitrogens with zero attached hydrogens (tertiary/aromatic N) is 5. The van der Waals surface area contributed by atoms with Gasteiger partial charge in [0.25, 0.3) is 11.9 Å².